The van der Waals surface area contributed by atoms with E-state index in [0.717, 1.165) is 88.1 Å². The molecule has 0 atom stereocenters. The fourth-order valence-corrected chi connectivity index (χ4v) is 12.6. The van der Waals surface area contributed by atoms with Crippen molar-refractivity contribution in [3.8, 4) is 6.07 Å². The molecule has 5 amide bonds. The summed E-state index contributed by atoms with van der Waals surface area (Å²) in [6.45, 7) is 6.60. The maximum atomic E-state index is 12.8. The molecule has 0 unspecified atom stereocenters. The van der Waals surface area contributed by atoms with E-state index in [1.165, 1.54) is 0 Å². The first-order valence-corrected chi connectivity index (χ1v) is 34.2. The maximum absolute atomic E-state index is 12.8. The molecular weight excluding hydrogens is 1510 g/mol. The second kappa shape index (κ2) is 38.0. The SMILES string of the molecule is Cc1cnc2c(C#N)cc(Cc3cc(C(=O)NCc4cnc5[nH]cc(Cl)c5c4)ccn3)cc2c1.Cc1cnc2c(C(N)=O)cc(Cc3cc(C(=O)NCc4cnc5[nH]cc(Cl)c5c4)ccn3)cc2c1.Cc1cnc2c(C(N)=O)cc(Cc3cc(C(=O)NCc4cnc5[nH]cc(Cl)c5c4)ccn3)cc2c1.O=CO[O-].[H-].[K+].[K+]. The summed E-state index contributed by atoms with van der Waals surface area (Å²) in [5.74, 6) is -1.75. The van der Waals surface area contributed by atoms with Gasteiger partial charge in [0.1, 0.15) is 23.0 Å². The Kier molecular flexibility index (Phi) is 28.4. The number of primary amides is 2. The van der Waals surface area contributed by atoms with Crippen LogP contribution in [0.4, 0.5) is 0 Å². The number of carbonyl (C=O) groups is 6. The largest absolute Gasteiger partial charge is 1.00 e. The monoisotopic (exact) mass is 1570 g/mol. The van der Waals surface area contributed by atoms with Crippen molar-refractivity contribution in [3.05, 3.63) is 299 Å². The van der Waals surface area contributed by atoms with Crippen LogP contribution in [0.15, 0.2) is 184 Å². The molecule has 15 rings (SSSR count). The Hall–Kier alpha value is -10.2. The van der Waals surface area contributed by atoms with E-state index < -0.39 is 11.8 Å². The Labute approximate surface area is 728 Å². The van der Waals surface area contributed by atoms with Gasteiger partial charge < -0.3 is 53.9 Å². The number of aryl methyl sites for hydroxylation is 3. The molecule has 15 aromatic rings. The van der Waals surface area contributed by atoms with Crippen molar-refractivity contribution in [2.24, 2.45) is 11.5 Å². The van der Waals surface area contributed by atoms with Crippen LogP contribution >= 0.6 is 34.8 Å². The van der Waals surface area contributed by atoms with Gasteiger partial charge in [0.05, 0.1) is 48.3 Å². The molecule has 110 heavy (non-hydrogen) atoms. The molecule has 12 aromatic heterocycles. The molecule has 0 saturated heterocycles. The number of aromatic nitrogens is 12. The van der Waals surface area contributed by atoms with E-state index >= 15 is 0 Å². The Morgan fingerprint density at radius 2 is 0.782 bits per heavy atom. The topological polar surface area (TPSA) is 410 Å². The number of nitrogens with one attached hydrogen (secondary N) is 6. The molecule has 0 aliphatic rings. The van der Waals surface area contributed by atoms with Crippen molar-refractivity contribution in [1.29, 1.82) is 5.26 Å². The van der Waals surface area contributed by atoms with Gasteiger partial charge in [-0.05, 0) is 180 Å². The van der Waals surface area contributed by atoms with Gasteiger partial charge in [0, 0.05) is 179 Å². The molecule has 10 N–H and O–H groups in total. The fourth-order valence-electron chi connectivity index (χ4n) is 12.0. The predicted molar refractivity (Wildman–Crippen MR) is 407 cm³/mol. The number of carbonyl (C=O) groups excluding carboxylic acids is 6. The molecular formula is C79H63Cl3K2N18O8. The molecule has 31 heteroatoms. The van der Waals surface area contributed by atoms with Crippen LogP contribution in [0.3, 0.4) is 0 Å². The summed E-state index contributed by atoms with van der Waals surface area (Å²) in [5.41, 5.74) is 28.1. The van der Waals surface area contributed by atoms with Crippen LogP contribution < -0.4 is 135 Å². The number of nitriles is 1. The molecule has 0 fully saturated rings. The number of nitrogens with zero attached hydrogens (tertiary/aromatic N) is 10. The first kappa shape index (κ1) is 82.3. The summed E-state index contributed by atoms with van der Waals surface area (Å²) >= 11 is 18.5. The van der Waals surface area contributed by atoms with Crippen LogP contribution in [0.25, 0.3) is 65.8 Å². The Bertz CT molecular complexity index is 5840. The van der Waals surface area contributed by atoms with Crippen LogP contribution in [-0.4, -0.2) is 95.8 Å². The number of H-pyrrole nitrogens is 3. The van der Waals surface area contributed by atoms with Gasteiger partial charge >= 0.3 is 103 Å². The van der Waals surface area contributed by atoms with E-state index in [0.29, 0.717) is 132 Å². The number of aromatic amines is 3. The summed E-state index contributed by atoms with van der Waals surface area (Å²) in [7, 11) is 0. The molecule has 0 aliphatic heterocycles. The number of halogens is 3. The van der Waals surface area contributed by atoms with Crippen LogP contribution in [-0.2, 0) is 48.6 Å². The molecule has 540 valence electrons. The normalized spacial score (nSPS) is 10.7. The average molecular weight is 1580 g/mol. The van der Waals surface area contributed by atoms with E-state index in [-0.39, 0.29) is 128 Å². The molecule has 3 aromatic carbocycles. The smallest absolute Gasteiger partial charge is 1.00 e. The number of pyridine rings is 9. The number of fused-ring (bicyclic) bond motifs is 6. The van der Waals surface area contributed by atoms with Gasteiger partial charge in [-0.2, -0.15) is 5.26 Å². The van der Waals surface area contributed by atoms with E-state index in [4.69, 9.17) is 56.3 Å². The number of rotatable bonds is 18. The average Bonchev–Trinajstić information content (AvgIpc) is 1.79. The standard InChI is InChI=1S/2C26H21ClN6O2.C26H19ClN6O.CH2O3.2K.H/c2*1-14-4-18-5-15(7-21(24(28)34)23(18)30-10-14)6-19-9-17(2-3-29-19)26(35)33-12-16-8-20-22(27)13-32-25(20)31-11-16;1-15-4-19-5-16(6-20(10-28)24(19)30-11-15)7-21-9-18(2-3-29-21)26(34)33-13-17-8-22-23(27)14-32-25(22)31-12-17;2-1-4-3;;;/h2*2-5,7-11,13H,6,12H2,1H3,(H2,28,34)(H,31,32)(H,33,35);2-6,8-9,11-12,14H,7,13H2,1H3,(H,31,32)(H,33,34);1,3H;;;/q;;;;2*+1;-1/p-1. The fraction of sp³-hybridized carbons (Fsp3) is 0.114. The van der Waals surface area contributed by atoms with Crippen LogP contribution in [0.2, 0.25) is 15.1 Å². The van der Waals surface area contributed by atoms with E-state index in [1.807, 2.05) is 81.4 Å². The Morgan fingerprint density at radius 3 is 1.10 bits per heavy atom. The molecule has 0 aliphatic carbocycles. The number of benzene rings is 3. The van der Waals surface area contributed by atoms with Gasteiger partial charge in [0.15, 0.2) is 0 Å². The maximum Gasteiger partial charge on any atom is 1.00 e. The molecule has 0 bridgehead atoms. The van der Waals surface area contributed by atoms with E-state index in [1.54, 1.807) is 123 Å². The summed E-state index contributed by atoms with van der Waals surface area (Å²) in [4.78, 5) is 122. The summed E-state index contributed by atoms with van der Waals surface area (Å²) in [6, 6.07) is 35.3. The summed E-state index contributed by atoms with van der Waals surface area (Å²) in [6.07, 6.45) is 21.5. The van der Waals surface area contributed by atoms with Crippen molar-refractivity contribution in [2.75, 3.05) is 0 Å². The van der Waals surface area contributed by atoms with Gasteiger partial charge in [-0.1, -0.05) is 34.8 Å². The minimum absolute atomic E-state index is 0. The van der Waals surface area contributed by atoms with E-state index in [2.05, 4.69) is 86.7 Å². The summed E-state index contributed by atoms with van der Waals surface area (Å²) in [5, 5.41) is 33.5. The van der Waals surface area contributed by atoms with Crippen molar-refractivity contribution in [1.82, 2.24) is 75.8 Å². The third-order valence-corrected chi connectivity index (χ3v) is 17.9. The molecule has 26 nitrogen and oxygen atoms in total. The van der Waals surface area contributed by atoms with Crippen molar-refractivity contribution in [3.63, 3.8) is 0 Å². The quantitative estimate of drug-likeness (QED) is 0.0224. The number of hydrogen-bond donors (Lipinski definition) is 8. The Balaban J connectivity index is 0.000000184. The Morgan fingerprint density at radius 1 is 0.464 bits per heavy atom. The first-order valence-electron chi connectivity index (χ1n) is 33.1. The van der Waals surface area contributed by atoms with Gasteiger partial charge in [-0.25, -0.2) is 15.0 Å². The molecule has 0 radical (unpaired) electrons. The van der Waals surface area contributed by atoms with Gasteiger partial charge in [-0.15, -0.1) is 0 Å². The number of hydrogen-bond acceptors (Lipinski definition) is 18. The predicted octanol–water partition coefficient (Wildman–Crippen LogP) is 5.59. The van der Waals surface area contributed by atoms with Crippen LogP contribution in [0.5, 0.6) is 0 Å². The zero-order valence-electron chi connectivity index (χ0n) is 60.7. The zero-order chi connectivity index (χ0) is 76.1. The minimum atomic E-state index is -0.539. The molecule has 12 heterocycles. The van der Waals surface area contributed by atoms with Gasteiger partial charge in [0.25, 0.3) is 36.0 Å². The summed E-state index contributed by atoms with van der Waals surface area (Å²) < 4.78 is 0. The number of amides is 5. The third-order valence-electron chi connectivity index (χ3n) is 17.0. The molecule has 0 spiro atoms. The molecule has 0 saturated carbocycles. The van der Waals surface area contributed by atoms with Crippen molar-refractivity contribution >= 4 is 137 Å². The number of nitrogens with two attached hydrogens (primary N) is 2. The third kappa shape index (κ3) is 20.6. The zero-order valence-corrected chi connectivity index (χ0v) is 68.2. The minimum Gasteiger partial charge on any atom is -1.00 e. The van der Waals surface area contributed by atoms with Crippen LogP contribution in [0.1, 0.15) is 126 Å². The second-order valence-electron chi connectivity index (χ2n) is 25.0. The van der Waals surface area contributed by atoms with Crippen LogP contribution in [0, 0.1) is 32.1 Å². The first-order chi connectivity index (χ1) is 52.1. The van der Waals surface area contributed by atoms with Gasteiger partial charge in [0.2, 0.25) is 0 Å². The van der Waals surface area contributed by atoms with E-state index in [9.17, 15) is 29.2 Å². The van der Waals surface area contributed by atoms with Gasteiger partial charge in [-0.3, -0.25) is 58.7 Å². The van der Waals surface area contributed by atoms with Crippen molar-refractivity contribution in [2.45, 2.75) is 59.7 Å². The van der Waals surface area contributed by atoms with Crippen molar-refractivity contribution < 1.29 is 143 Å². The second-order valence-corrected chi connectivity index (χ2v) is 26.3.